The van der Waals surface area contributed by atoms with Gasteiger partial charge in [-0.3, -0.25) is 4.98 Å². The first-order chi connectivity index (χ1) is 7.90. The van der Waals surface area contributed by atoms with Gasteiger partial charge in [0.25, 0.3) is 0 Å². The Labute approximate surface area is 97.2 Å². The standard InChI is InChI=1S/C13H20N2O/c1-14-13(12-6-9-16-10-12)3-2-11-4-7-15-8-5-11/h4-5,7-8,12-14H,2-3,6,9-10H2,1H3. The number of rotatable bonds is 5. The fourth-order valence-corrected chi connectivity index (χ4v) is 2.36. The molecule has 1 aliphatic rings. The molecule has 1 fully saturated rings. The predicted molar refractivity (Wildman–Crippen MR) is 64.3 cm³/mol. The third kappa shape index (κ3) is 3.03. The topological polar surface area (TPSA) is 34.2 Å². The molecule has 1 aromatic heterocycles. The summed E-state index contributed by atoms with van der Waals surface area (Å²) >= 11 is 0. The van der Waals surface area contributed by atoms with Crippen LogP contribution in [-0.2, 0) is 11.2 Å². The highest BCUT2D eigenvalue weighted by atomic mass is 16.5. The van der Waals surface area contributed by atoms with Crippen molar-refractivity contribution < 1.29 is 4.74 Å². The Kier molecular flexibility index (Phi) is 4.31. The lowest BCUT2D eigenvalue weighted by Gasteiger charge is -2.21. The number of nitrogens with one attached hydrogen (secondary N) is 1. The summed E-state index contributed by atoms with van der Waals surface area (Å²) in [5.74, 6) is 0.687. The van der Waals surface area contributed by atoms with Crippen molar-refractivity contribution in [3.05, 3.63) is 30.1 Å². The van der Waals surface area contributed by atoms with E-state index in [2.05, 4.69) is 29.5 Å². The van der Waals surface area contributed by atoms with Crippen molar-refractivity contribution in [1.29, 1.82) is 0 Å². The monoisotopic (exact) mass is 220 g/mol. The second-order valence-electron chi connectivity index (χ2n) is 4.41. The summed E-state index contributed by atoms with van der Waals surface area (Å²) in [6, 6.07) is 4.77. The second kappa shape index (κ2) is 5.97. The first kappa shape index (κ1) is 11.6. The van der Waals surface area contributed by atoms with E-state index in [1.54, 1.807) is 0 Å². The lowest BCUT2D eigenvalue weighted by molar-refractivity contribution is 0.176. The van der Waals surface area contributed by atoms with Crippen molar-refractivity contribution in [2.24, 2.45) is 5.92 Å². The van der Waals surface area contributed by atoms with Gasteiger partial charge in [0.05, 0.1) is 6.61 Å². The fourth-order valence-electron chi connectivity index (χ4n) is 2.36. The maximum Gasteiger partial charge on any atom is 0.0510 e. The lowest BCUT2D eigenvalue weighted by Crippen LogP contribution is -2.34. The Hall–Kier alpha value is -0.930. The Morgan fingerprint density at radius 2 is 2.31 bits per heavy atom. The predicted octanol–water partition coefficient (Wildman–Crippen LogP) is 1.64. The molecule has 2 heterocycles. The van der Waals surface area contributed by atoms with Crippen LogP contribution in [-0.4, -0.2) is 31.3 Å². The molecule has 0 saturated carbocycles. The van der Waals surface area contributed by atoms with Crippen LogP contribution in [0.4, 0.5) is 0 Å². The highest BCUT2D eigenvalue weighted by Crippen LogP contribution is 2.20. The van der Waals surface area contributed by atoms with Gasteiger partial charge in [-0.15, -0.1) is 0 Å². The molecular weight excluding hydrogens is 200 g/mol. The third-order valence-electron chi connectivity index (χ3n) is 3.40. The average Bonchev–Trinajstić information content (AvgIpc) is 2.85. The van der Waals surface area contributed by atoms with Gasteiger partial charge in [-0.25, -0.2) is 0 Å². The minimum absolute atomic E-state index is 0.579. The van der Waals surface area contributed by atoms with Crippen molar-refractivity contribution in [2.75, 3.05) is 20.3 Å². The molecule has 2 unspecified atom stereocenters. The number of aryl methyl sites for hydroxylation is 1. The van der Waals surface area contributed by atoms with Gasteiger partial charge < -0.3 is 10.1 Å². The SMILES string of the molecule is CNC(CCc1ccncc1)C1CCOC1. The van der Waals surface area contributed by atoms with Crippen LogP contribution in [0.3, 0.4) is 0 Å². The molecule has 1 aliphatic heterocycles. The van der Waals surface area contributed by atoms with Gasteiger partial charge in [-0.05, 0) is 49.9 Å². The van der Waals surface area contributed by atoms with E-state index in [9.17, 15) is 0 Å². The molecule has 0 aliphatic carbocycles. The Bertz CT molecular complexity index is 296. The van der Waals surface area contributed by atoms with Crippen LogP contribution in [0.2, 0.25) is 0 Å². The van der Waals surface area contributed by atoms with E-state index in [0.717, 1.165) is 19.6 Å². The van der Waals surface area contributed by atoms with Crippen molar-refractivity contribution in [3.8, 4) is 0 Å². The maximum atomic E-state index is 5.44. The van der Waals surface area contributed by atoms with E-state index < -0.39 is 0 Å². The molecule has 2 rings (SSSR count). The molecule has 0 bridgehead atoms. The molecule has 3 heteroatoms. The van der Waals surface area contributed by atoms with Gasteiger partial charge in [0.15, 0.2) is 0 Å². The molecular formula is C13H20N2O. The second-order valence-corrected chi connectivity index (χ2v) is 4.41. The Morgan fingerprint density at radius 1 is 1.50 bits per heavy atom. The average molecular weight is 220 g/mol. The third-order valence-corrected chi connectivity index (χ3v) is 3.40. The quantitative estimate of drug-likeness (QED) is 0.819. The van der Waals surface area contributed by atoms with Gasteiger partial charge in [0.2, 0.25) is 0 Å². The molecule has 2 atom stereocenters. The molecule has 3 nitrogen and oxygen atoms in total. The summed E-state index contributed by atoms with van der Waals surface area (Å²) < 4.78 is 5.44. The molecule has 0 radical (unpaired) electrons. The minimum Gasteiger partial charge on any atom is -0.381 e. The summed E-state index contributed by atoms with van der Waals surface area (Å²) in [7, 11) is 2.05. The largest absolute Gasteiger partial charge is 0.381 e. The lowest BCUT2D eigenvalue weighted by atomic mass is 9.93. The van der Waals surface area contributed by atoms with Gasteiger partial charge in [0, 0.05) is 25.0 Å². The summed E-state index contributed by atoms with van der Waals surface area (Å²) in [6.07, 6.45) is 7.21. The molecule has 1 saturated heterocycles. The molecule has 0 aromatic carbocycles. The maximum absolute atomic E-state index is 5.44. The van der Waals surface area contributed by atoms with E-state index in [1.807, 2.05) is 12.4 Å². The van der Waals surface area contributed by atoms with Crippen LogP contribution in [0.1, 0.15) is 18.4 Å². The number of aromatic nitrogens is 1. The number of ether oxygens (including phenoxy) is 1. The number of hydrogen-bond acceptors (Lipinski definition) is 3. The van der Waals surface area contributed by atoms with Gasteiger partial charge in [-0.2, -0.15) is 0 Å². The Morgan fingerprint density at radius 3 is 2.94 bits per heavy atom. The molecule has 1 N–H and O–H groups in total. The van der Waals surface area contributed by atoms with Gasteiger partial charge >= 0.3 is 0 Å². The fraction of sp³-hybridized carbons (Fsp3) is 0.615. The molecule has 16 heavy (non-hydrogen) atoms. The first-order valence-corrected chi connectivity index (χ1v) is 6.04. The normalized spacial score (nSPS) is 22.2. The van der Waals surface area contributed by atoms with Crippen LogP contribution in [0.25, 0.3) is 0 Å². The van der Waals surface area contributed by atoms with Crippen molar-refractivity contribution in [2.45, 2.75) is 25.3 Å². The highest BCUT2D eigenvalue weighted by Gasteiger charge is 2.23. The Balaban J connectivity index is 1.83. The van der Waals surface area contributed by atoms with Crippen LogP contribution in [0, 0.1) is 5.92 Å². The van der Waals surface area contributed by atoms with Gasteiger partial charge in [-0.1, -0.05) is 0 Å². The zero-order valence-electron chi connectivity index (χ0n) is 9.86. The van der Waals surface area contributed by atoms with E-state index >= 15 is 0 Å². The van der Waals surface area contributed by atoms with Crippen LogP contribution >= 0.6 is 0 Å². The summed E-state index contributed by atoms with van der Waals surface area (Å²) in [6.45, 7) is 1.85. The summed E-state index contributed by atoms with van der Waals surface area (Å²) in [5.41, 5.74) is 1.37. The number of nitrogens with zero attached hydrogens (tertiary/aromatic N) is 1. The smallest absolute Gasteiger partial charge is 0.0510 e. The summed E-state index contributed by atoms with van der Waals surface area (Å²) in [4.78, 5) is 4.03. The van der Waals surface area contributed by atoms with E-state index in [4.69, 9.17) is 4.74 Å². The van der Waals surface area contributed by atoms with E-state index in [1.165, 1.54) is 18.4 Å². The first-order valence-electron chi connectivity index (χ1n) is 6.04. The molecule has 0 spiro atoms. The zero-order valence-corrected chi connectivity index (χ0v) is 9.86. The molecule has 88 valence electrons. The number of hydrogen-bond donors (Lipinski definition) is 1. The summed E-state index contributed by atoms with van der Waals surface area (Å²) in [5, 5.41) is 3.42. The zero-order chi connectivity index (χ0) is 11.2. The van der Waals surface area contributed by atoms with Crippen LogP contribution in [0.5, 0.6) is 0 Å². The molecule has 1 aromatic rings. The molecule has 0 amide bonds. The van der Waals surface area contributed by atoms with E-state index in [-0.39, 0.29) is 0 Å². The van der Waals surface area contributed by atoms with Gasteiger partial charge in [0.1, 0.15) is 0 Å². The van der Waals surface area contributed by atoms with Crippen LogP contribution in [0.15, 0.2) is 24.5 Å². The minimum atomic E-state index is 0.579. The highest BCUT2D eigenvalue weighted by molar-refractivity contribution is 5.10. The van der Waals surface area contributed by atoms with Crippen molar-refractivity contribution >= 4 is 0 Å². The van der Waals surface area contributed by atoms with Crippen LogP contribution < -0.4 is 5.32 Å². The van der Waals surface area contributed by atoms with E-state index in [0.29, 0.717) is 12.0 Å². The number of pyridine rings is 1. The van der Waals surface area contributed by atoms with Crippen molar-refractivity contribution in [3.63, 3.8) is 0 Å². The van der Waals surface area contributed by atoms with Crippen molar-refractivity contribution in [1.82, 2.24) is 10.3 Å².